The lowest BCUT2D eigenvalue weighted by Crippen LogP contribution is -2.55. The molecule has 0 aliphatic carbocycles. The van der Waals surface area contributed by atoms with Gasteiger partial charge in [0.05, 0.1) is 5.54 Å². The van der Waals surface area contributed by atoms with Crippen molar-refractivity contribution < 1.29 is 4.79 Å². The van der Waals surface area contributed by atoms with Crippen molar-refractivity contribution in [2.75, 3.05) is 24.5 Å². The van der Waals surface area contributed by atoms with Gasteiger partial charge in [-0.3, -0.25) is 4.79 Å². The van der Waals surface area contributed by atoms with E-state index in [2.05, 4.69) is 20.4 Å². The smallest absolute Gasteiger partial charge is 0.272 e. The predicted octanol–water partition coefficient (Wildman–Crippen LogP) is 1.18. The number of carbonyl (C=O) groups excluding carboxylic acids is 1. The first-order valence-corrected chi connectivity index (χ1v) is 7.57. The molecule has 1 unspecified atom stereocenters. The molecular weight excluding hydrogens is 266 g/mol. The van der Waals surface area contributed by atoms with Crippen molar-refractivity contribution in [3.63, 3.8) is 0 Å². The molecule has 1 atom stereocenters. The highest BCUT2D eigenvalue weighted by molar-refractivity contribution is 5.92. The van der Waals surface area contributed by atoms with Crippen LogP contribution >= 0.6 is 0 Å². The van der Waals surface area contributed by atoms with Crippen LogP contribution in [0, 0.1) is 5.92 Å². The van der Waals surface area contributed by atoms with E-state index in [-0.39, 0.29) is 11.8 Å². The van der Waals surface area contributed by atoms with Crippen molar-refractivity contribution in [3.05, 3.63) is 17.8 Å². The standard InChI is InChI=1S/C15H25N5O/c1-11(2)15(3,10-16)17-14(21)12-6-7-13(19-18-12)20-8-4-5-9-20/h6-7,11H,4-5,8-10,16H2,1-3H3,(H,17,21). The molecule has 6 nitrogen and oxygen atoms in total. The third-order valence-electron chi connectivity index (χ3n) is 4.41. The second kappa shape index (κ2) is 6.39. The number of carbonyl (C=O) groups is 1. The molecule has 2 rings (SSSR count). The molecule has 1 aliphatic rings. The molecule has 0 saturated carbocycles. The van der Waals surface area contributed by atoms with Gasteiger partial charge in [0.15, 0.2) is 11.5 Å². The number of anilines is 1. The lowest BCUT2D eigenvalue weighted by atomic mass is 9.88. The van der Waals surface area contributed by atoms with E-state index < -0.39 is 5.54 Å². The Labute approximate surface area is 126 Å². The SMILES string of the molecule is CC(C)C(C)(CN)NC(=O)c1ccc(N2CCCC2)nn1. The Kier molecular flexibility index (Phi) is 4.77. The Morgan fingerprint density at radius 2 is 2.05 bits per heavy atom. The van der Waals surface area contributed by atoms with Crippen LogP contribution in [0.5, 0.6) is 0 Å². The highest BCUT2D eigenvalue weighted by atomic mass is 16.2. The van der Waals surface area contributed by atoms with Crippen molar-refractivity contribution in [3.8, 4) is 0 Å². The monoisotopic (exact) mass is 291 g/mol. The van der Waals surface area contributed by atoms with Crippen LogP contribution in [-0.2, 0) is 0 Å². The lowest BCUT2D eigenvalue weighted by molar-refractivity contribution is 0.0877. The first-order valence-electron chi connectivity index (χ1n) is 7.57. The lowest BCUT2D eigenvalue weighted by Gasteiger charge is -2.33. The zero-order valence-corrected chi connectivity index (χ0v) is 13.1. The summed E-state index contributed by atoms with van der Waals surface area (Å²) in [7, 11) is 0. The molecule has 0 spiro atoms. The Morgan fingerprint density at radius 3 is 2.52 bits per heavy atom. The zero-order valence-electron chi connectivity index (χ0n) is 13.1. The molecular formula is C15H25N5O. The van der Waals surface area contributed by atoms with E-state index in [1.165, 1.54) is 12.8 Å². The van der Waals surface area contributed by atoms with E-state index in [0.29, 0.717) is 12.2 Å². The Hall–Kier alpha value is -1.69. The van der Waals surface area contributed by atoms with Gasteiger partial charge >= 0.3 is 0 Å². The van der Waals surface area contributed by atoms with Crippen LogP contribution < -0.4 is 16.0 Å². The minimum Gasteiger partial charge on any atom is -0.355 e. The third kappa shape index (κ3) is 3.50. The summed E-state index contributed by atoms with van der Waals surface area (Å²) in [5, 5.41) is 11.2. The third-order valence-corrected chi connectivity index (χ3v) is 4.41. The van der Waals surface area contributed by atoms with E-state index >= 15 is 0 Å². The van der Waals surface area contributed by atoms with Crippen molar-refractivity contribution in [2.24, 2.45) is 11.7 Å². The normalized spacial score (nSPS) is 17.9. The molecule has 6 heteroatoms. The summed E-state index contributed by atoms with van der Waals surface area (Å²) in [6.45, 7) is 8.43. The van der Waals surface area contributed by atoms with Gasteiger partial charge in [-0.05, 0) is 37.8 Å². The molecule has 1 aromatic rings. The molecule has 2 heterocycles. The van der Waals surface area contributed by atoms with Crippen LogP contribution in [0.2, 0.25) is 0 Å². The van der Waals surface area contributed by atoms with Crippen LogP contribution in [0.4, 0.5) is 5.82 Å². The number of nitrogens with one attached hydrogen (secondary N) is 1. The summed E-state index contributed by atoms with van der Waals surface area (Å²) < 4.78 is 0. The quantitative estimate of drug-likeness (QED) is 0.851. The second-order valence-electron chi connectivity index (χ2n) is 6.20. The molecule has 0 aromatic carbocycles. The Bertz CT molecular complexity index is 481. The first kappa shape index (κ1) is 15.7. The average Bonchev–Trinajstić information content (AvgIpc) is 3.01. The number of rotatable bonds is 5. The topological polar surface area (TPSA) is 84.1 Å². The fraction of sp³-hybridized carbons (Fsp3) is 0.667. The summed E-state index contributed by atoms with van der Waals surface area (Å²) in [6.07, 6.45) is 2.38. The van der Waals surface area contributed by atoms with Crippen molar-refractivity contribution in [1.82, 2.24) is 15.5 Å². The molecule has 1 aromatic heterocycles. The number of hydrogen-bond acceptors (Lipinski definition) is 5. The van der Waals surface area contributed by atoms with Crippen LogP contribution in [0.3, 0.4) is 0 Å². The van der Waals surface area contributed by atoms with Crippen molar-refractivity contribution >= 4 is 11.7 Å². The van der Waals surface area contributed by atoms with Gasteiger partial charge in [0.25, 0.3) is 5.91 Å². The summed E-state index contributed by atoms with van der Waals surface area (Å²) >= 11 is 0. The number of nitrogens with two attached hydrogens (primary N) is 1. The molecule has 1 fully saturated rings. The highest BCUT2D eigenvalue weighted by Crippen LogP contribution is 2.18. The molecule has 116 valence electrons. The molecule has 0 bridgehead atoms. The van der Waals surface area contributed by atoms with E-state index in [9.17, 15) is 4.79 Å². The molecule has 0 radical (unpaired) electrons. The maximum Gasteiger partial charge on any atom is 0.272 e. The molecule has 1 saturated heterocycles. The van der Waals surface area contributed by atoms with Gasteiger partial charge in [-0.15, -0.1) is 10.2 Å². The maximum atomic E-state index is 12.3. The number of aromatic nitrogens is 2. The maximum absolute atomic E-state index is 12.3. The van der Waals surface area contributed by atoms with Gasteiger partial charge in [-0.2, -0.15) is 0 Å². The fourth-order valence-electron chi connectivity index (χ4n) is 2.32. The summed E-state index contributed by atoms with van der Waals surface area (Å²) in [6, 6.07) is 3.59. The van der Waals surface area contributed by atoms with Gasteiger partial charge in [0, 0.05) is 19.6 Å². The van der Waals surface area contributed by atoms with Crippen LogP contribution in [0.25, 0.3) is 0 Å². The minimum atomic E-state index is -0.438. The number of hydrogen-bond donors (Lipinski definition) is 2. The first-order chi connectivity index (χ1) is 9.96. The molecule has 21 heavy (non-hydrogen) atoms. The fourth-order valence-corrected chi connectivity index (χ4v) is 2.32. The van der Waals surface area contributed by atoms with Crippen LogP contribution in [0.1, 0.15) is 44.1 Å². The second-order valence-corrected chi connectivity index (χ2v) is 6.20. The Morgan fingerprint density at radius 1 is 1.38 bits per heavy atom. The van der Waals surface area contributed by atoms with Gasteiger partial charge in [-0.1, -0.05) is 13.8 Å². The van der Waals surface area contributed by atoms with Crippen molar-refractivity contribution in [1.29, 1.82) is 0 Å². The summed E-state index contributed by atoms with van der Waals surface area (Å²) in [5.41, 5.74) is 5.68. The van der Waals surface area contributed by atoms with E-state index in [0.717, 1.165) is 18.9 Å². The van der Waals surface area contributed by atoms with Gasteiger partial charge < -0.3 is 16.0 Å². The highest BCUT2D eigenvalue weighted by Gasteiger charge is 2.29. The average molecular weight is 291 g/mol. The number of amides is 1. The summed E-state index contributed by atoms with van der Waals surface area (Å²) in [4.78, 5) is 14.5. The molecule has 1 amide bonds. The van der Waals surface area contributed by atoms with Crippen molar-refractivity contribution in [2.45, 2.75) is 39.2 Å². The molecule has 3 N–H and O–H groups in total. The molecule has 1 aliphatic heterocycles. The van der Waals surface area contributed by atoms with Gasteiger partial charge in [0.1, 0.15) is 0 Å². The van der Waals surface area contributed by atoms with Crippen LogP contribution in [0.15, 0.2) is 12.1 Å². The minimum absolute atomic E-state index is 0.225. The zero-order chi connectivity index (χ0) is 15.5. The number of nitrogens with zero attached hydrogens (tertiary/aromatic N) is 3. The summed E-state index contributed by atoms with van der Waals surface area (Å²) in [5.74, 6) is 0.856. The van der Waals surface area contributed by atoms with Gasteiger partial charge in [-0.25, -0.2) is 0 Å². The van der Waals surface area contributed by atoms with E-state index in [4.69, 9.17) is 5.73 Å². The Balaban J connectivity index is 2.06. The largest absolute Gasteiger partial charge is 0.355 e. The van der Waals surface area contributed by atoms with E-state index in [1.54, 1.807) is 6.07 Å². The van der Waals surface area contributed by atoms with E-state index in [1.807, 2.05) is 26.8 Å². The van der Waals surface area contributed by atoms with Crippen LogP contribution in [-0.4, -0.2) is 41.3 Å². The van der Waals surface area contributed by atoms with Gasteiger partial charge in [0.2, 0.25) is 0 Å². The predicted molar refractivity (Wildman–Crippen MR) is 83.2 cm³/mol.